The number of alkyl halides is 18. The van der Waals surface area contributed by atoms with E-state index in [1.807, 2.05) is 0 Å². The van der Waals surface area contributed by atoms with Gasteiger partial charge in [-0.2, -0.15) is 74.6 Å². The molecule has 0 saturated carbocycles. The predicted molar refractivity (Wildman–Crippen MR) is 106 cm³/mol. The fourth-order valence-corrected chi connectivity index (χ4v) is 3.57. The van der Waals surface area contributed by atoms with Gasteiger partial charge in [-0.15, -0.1) is 0 Å². The molecular weight excluding hydrogens is 678 g/mol. The van der Waals surface area contributed by atoms with Crippen molar-refractivity contribution in [3.63, 3.8) is 0 Å². The van der Waals surface area contributed by atoms with Crippen molar-refractivity contribution in [3.8, 4) is 0 Å². The van der Waals surface area contributed by atoms with Crippen LogP contribution < -0.4 is 0 Å². The first-order chi connectivity index (χ1) is 16.3. The van der Waals surface area contributed by atoms with Crippen LogP contribution in [0.4, 0.5) is 74.6 Å². The van der Waals surface area contributed by atoms with E-state index in [0.717, 1.165) is 30.1 Å². The minimum atomic E-state index is -8.57. The molecule has 0 rings (SSSR count). The third-order valence-corrected chi connectivity index (χ3v) is 6.17. The quantitative estimate of drug-likeness (QED) is 0.0614. The van der Waals surface area contributed by atoms with Gasteiger partial charge in [-0.3, -0.25) is 0 Å². The van der Waals surface area contributed by atoms with Crippen molar-refractivity contribution in [1.29, 1.82) is 0 Å². The largest absolute Gasteiger partial charge is 0.460 e. The van der Waals surface area contributed by atoms with E-state index in [1.54, 1.807) is 0 Å². The van der Waals surface area contributed by atoms with Gasteiger partial charge < -0.3 is 0 Å². The van der Waals surface area contributed by atoms with Gasteiger partial charge in [0.1, 0.15) is 0 Å². The number of hydrogen-bond acceptors (Lipinski definition) is 0. The Hall–Kier alpha value is -0.460. The second kappa shape index (κ2) is 12.4. The maximum absolute atomic E-state index is 13.8. The van der Waals surface area contributed by atoms with Gasteiger partial charge in [0.2, 0.25) is 0 Å². The summed E-state index contributed by atoms with van der Waals surface area (Å²) in [5, 5.41) is 0. The third kappa shape index (κ3) is 7.01. The molecule has 0 aliphatic carbocycles. The van der Waals surface area contributed by atoms with Crippen LogP contribution in [-0.2, 0) is 0 Å². The highest BCUT2D eigenvalue weighted by atomic mass is 127. The van der Waals surface area contributed by atoms with Crippen LogP contribution >= 0.6 is 22.6 Å². The maximum Gasteiger partial charge on any atom is 0.460 e. The highest BCUT2D eigenvalue weighted by molar-refractivity contribution is 14.1. The van der Waals surface area contributed by atoms with Gasteiger partial charge in [-0.25, -0.2) is 0 Å². The molecule has 0 aromatic carbocycles. The Morgan fingerprint density at radius 1 is 0.324 bits per heavy atom. The Bertz CT molecular complexity index is 699. The topological polar surface area (TPSA) is 0 Å². The molecule has 0 N–H and O–H groups in total. The smallest absolute Gasteiger partial charge is 0.200 e. The molecule has 18 heteroatoms. The molecule has 0 aliphatic rings. The molecule has 0 bridgehead atoms. The van der Waals surface area contributed by atoms with Gasteiger partial charge >= 0.3 is 47.6 Å². The zero-order valence-electron chi connectivity index (χ0n) is 18.6. The Labute approximate surface area is 213 Å². The number of hydrogen-bond donors (Lipinski definition) is 0. The van der Waals surface area contributed by atoms with Gasteiger partial charge in [0.15, 0.2) is 0 Å². The first kappa shape index (κ1) is 36.5. The van der Waals surface area contributed by atoms with E-state index < -0.39 is 60.5 Å². The summed E-state index contributed by atoms with van der Waals surface area (Å²) in [7, 11) is 0. The average molecular weight is 700 g/mol. The van der Waals surface area contributed by atoms with Gasteiger partial charge in [0.25, 0.3) is 0 Å². The highest BCUT2D eigenvalue weighted by Gasteiger charge is 2.95. The molecule has 0 nitrogen and oxygen atoms in total. The molecule has 0 radical (unpaired) electrons. The normalized spacial score (nSPS) is 15.4. The van der Waals surface area contributed by atoms with Crippen LogP contribution in [0, 0.1) is 0 Å². The molecule has 0 spiro atoms. The highest BCUT2D eigenvalue weighted by Crippen LogP contribution is 2.64. The lowest BCUT2D eigenvalue weighted by Crippen LogP contribution is -2.74. The van der Waals surface area contributed by atoms with Crippen molar-refractivity contribution in [2.45, 2.75) is 112 Å². The van der Waals surface area contributed by atoms with Crippen LogP contribution in [0.15, 0.2) is 0 Å². The van der Waals surface area contributed by atoms with Gasteiger partial charge in [-0.05, 0) is 17.3 Å². The lowest BCUT2D eigenvalue weighted by Gasteiger charge is -2.42. The molecule has 0 atom stereocenters. The van der Waals surface area contributed by atoms with Gasteiger partial charge in [0.05, 0.1) is 0 Å². The molecule has 0 unspecified atom stereocenters. The number of unbranched alkanes of at least 4 members (excludes halogenated alkanes) is 8. The SMILES string of the molecule is FC(F)(F)C(F)(F)C(F)(F)C(F)(F)C(F)(F)C(F)(F)C(F)(F)C(F)(F)CCCCCCCCCCCI. The number of halogens is 18. The zero-order chi connectivity index (χ0) is 29.8. The molecule has 37 heavy (non-hydrogen) atoms. The van der Waals surface area contributed by atoms with E-state index in [0.29, 0.717) is 12.8 Å². The second-order valence-electron chi connectivity index (χ2n) is 8.27. The maximum atomic E-state index is 13.8. The first-order valence-electron chi connectivity index (χ1n) is 10.6. The summed E-state index contributed by atoms with van der Waals surface area (Å²) in [5.41, 5.74) is 0. The van der Waals surface area contributed by atoms with Gasteiger partial charge in [0, 0.05) is 6.42 Å². The second-order valence-corrected chi connectivity index (χ2v) is 9.35. The minimum Gasteiger partial charge on any atom is -0.200 e. The van der Waals surface area contributed by atoms with E-state index in [2.05, 4.69) is 22.6 Å². The lowest BCUT2D eigenvalue weighted by molar-refractivity contribution is -0.461. The number of rotatable bonds is 17. The lowest BCUT2D eigenvalue weighted by atomic mass is 9.87. The van der Waals surface area contributed by atoms with Crippen molar-refractivity contribution >= 4 is 22.6 Å². The molecule has 0 aromatic heterocycles. The summed E-state index contributed by atoms with van der Waals surface area (Å²) >= 11 is 2.16. The standard InChI is InChI=1S/C19H22F17I/c20-12(21,10-8-6-4-2-1-3-5-7-9-11-37)13(22,23)14(24,25)15(26,27)16(28,29)17(30,31)18(32,33)19(34,35)36/h1-11H2. The summed E-state index contributed by atoms with van der Waals surface area (Å²) in [6.45, 7) is 0. The summed E-state index contributed by atoms with van der Waals surface area (Å²) in [6, 6.07) is 0. The molecule has 0 aromatic rings. The van der Waals surface area contributed by atoms with E-state index in [9.17, 15) is 74.6 Å². The molecule has 0 amide bonds. The molecule has 0 aliphatic heterocycles. The van der Waals surface area contributed by atoms with E-state index in [1.165, 1.54) is 0 Å². The Kier molecular flexibility index (Phi) is 12.2. The Morgan fingerprint density at radius 3 is 0.919 bits per heavy atom. The summed E-state index contributed by atoms with van der Waals surface area (Å²) in [6.07, 6.45) is -6.94. The van der Waals surface area contributed by atoms with Crippen LogP contribution in [0.1, 0.15) is 64.2 Å². The zero-order valence-corrected chi connectivity index (χ0v) is 20.7. The van der Waals surface area contributed by atoms with Crippen LogP contribution in [0.5, 0.6) is 0 Å². The van der Waals surface area contributed by atoms with Crippen LogP contribution in [0.2, 0.25) is 0 Å². The summed E-state index contributed by atoms with van der Waals surface area (Å²) in [4.78, 5) is 0. The monoisotopic (exact) mass is 700 g/mol. The van der Waals surface area contributed by atoms with Crippen LogP contribution in [0.3, 0.4) is 0 Å². The Morgan fingerprint density at radius 2 is 0.595 bits per heavy atom. The molecule has 0 saturated heterocycles. The minimum absolute atomic E-state index is 0.0946. The van der Waals surface area contributed by atoms with Crippen molar-refractivity contribution in [1.82, 2.24) is 0 Å². The Balaban J connectivity index is 5.58. The van der Waals surface area contributed by atoms with E-state index >= 15 is 0 Å². The van der Waals surface area contributed by atoms with Gasteiger partial charge in [-0.1, -0.05) is 67.5 Å². The molecular formula is C19H22F17I. The van der Waals surface area contributed by atoms with Crippen LogP contribution in [-0.4, -0.2) is 52.1 Å². The van der Waals surface area contributed by atoms with E-state index in [-0.39, 0.29) is 12.8 Å². The fraction of sp³-hybridized carbons (Fsp3) is 1.00. The van der Waals surface area contributed by atoms with Crippen LogP contribution in [0.25, 0.3) is 0 Å². The van der Waals surface area contributed by atoms with Crippen molar-refractivity contribution in [2.75, 3.05) is 4.43 Å². The van der Waals surface area contributed by atoms with Crippen molar-refractivity contribution in [2.24, 2.45) is 0 Å². The van der Waals surface area contributed by atoms with E-state index in [4.69, 9.17) is 0 Å². The first-order valence-corrected chi connectivity index (χ1v) is 12.1. The molecule has 224 valence electrons. The fourth-order valence-electron chi connectivity index (χ4n) is 3.03. The molecule has 0 heterocycles. The summed E-state index contributed by atoms with van der Waals surface area (Å²) < 4.78 is 225. The third-order valence-electron chi connectivity index (χ3n) is 5.41. The van der Waals surface area contributed by atoms with Crippen molar-refractivity contribution < 1.29 is 74.6 Å². The van der Waals surface area contributed by atoms with Crippen molar-refractivity contribution in [3.05, 3.63) is 0 Å². The predicted octanol–water partition coefficient (Wildman–Crippen LogP) is 10.3. The summed E-state index contributed by atoms with van der Waals surface area (Å²) in [5.74, 6) is -55.7. The molecule has 0 fully saturated rings. The average Bonchev–Trinajstić information content (AvgIpc) is 2.73.